The van der Waals surface area contributed by atoms with Crippen LogP contribution in [0.4, 0.5) is 11.4 Å². The summed E-state index contributed by atoms with van der Waals surface area (Å²) >= 11 is 2.86. The highest BCUT2D eigenvalue weighted by Gasteiger charge is 2.20. The number of pyridine rings is 1. The van der Waals surface area contributed by atoms with Crippen LogP contribution in [0.25, 0.3) is 20.9 Å². The molecule has 3 aromatic heterocycles. The maximum atomic E-state index is 12.4. The molecule has 0 aliphatic carbocycles. The fourth-order valence-corrected chi connectivity index (χ4v) is 4.98. The summed E-state index contributed by atoms with van der Waals surface area (Å²) in [5, 5.41) is 13.2. The Hall–Kier alpha value is -2.91. The summed E-state index contributed by atoms with van der Waals surface area (Å²) in [5.41, 5.74) is 9.04. The molecule has 0 spiro atoms. The molecule has 0 saturated carbocycles. The minimum absolute atomic E-state index is 0.0815. The zero-order chi connectivity index (χ0) is 21.1. The number of aromatic nitrogens is 4. The Bertz CT molecular complexity index is 1180. The van der Waals surface area contributed by atoms with Crippen LogP contribution in [0.3, 0.4) is 0 Å². The van der Waals surface area contributed by atoms with Crippen LogP contribution in [-0.2, 0) is 17.8 Å². The van der Waals surface area contributed by atoms with Gasteiger partial charge >= 0.3 is 0 Å². The molecular formula is C21H22N6OS2. The first-order chi connectivity index (χ1) is 14.6. The highest BCUT2D eigenvalue weighted by atomic mass is 32.2. The van der Waals surface area contributed by atoms with Gasteiger partial charge in [0, 0.05) is 23.8 Å². The van der Waals surface area contributed by atoms with Gasteiger partial charge in [-0.25, -0.2) is 4.98 Å². The third-order valence-electron chi connectivity index (χ3n) is 4.72. The molecule has 0 bridgehead atoms. The van der Waals surface area contributed by atoms with Crippen molar-refractivity contribution in [3.63, 3.8) is 0 Å². The van der Waals surface area contributed by atoms with E-state index in [1.165, 1.54) is 28.7 Å². The van der Waals surface area contributed by atoms with Crippen LogP contribution in [-0.4, -0.2) is 31.4 Å². The van der Waals surface area contributed by atoms with Gasteiger partial charge < -0.3 is 15.6 Å². The first-order valence-corrected chi connectivity index (χ1v) is 11.5. The number of fused-ring (bicyclic) bond motifs is 1. The van der Waals surface area contributed by atoms with Crippen LogP contribution in [0.2, 0.25) is 0 Å². The lowest BCUT2D eigenvalue weighted by molar-refractivity contribution is -0.113. The molecule has 1 amide bonds. The Labute approximate surface area is 182 Å². The molecule has 7 nitrogen and oxygen atoms in total. The van der Waals surface area contributed by atoms with Crippen LogP contribution in [0, 0.1) is 0 Å². The summed E-state index contributed by atoms with van der Waals surface area (Å²) in [6.07, 6.45) is 2.72. The van der Waals surface area contributed by atoms with Gasteiger partial charge in [-0.05, 0) is 43.2 Å². The molecule has 0 aliphatic rings. The van der Waals surface area contributed by atoms with Crippen molar-refractivity contribution in [1.29, 1.82) is 0 Å². The van der Waals surface area contributed by atoms with Crippen LogP contribution >= 0.6 is 23.1 Å². The summed E-state index contributed by atoms with van der Waals surface area (Å²) in [6, 6.07) is 11.7. The minimum atomic E-state index is -0.0815. The Balaban J connectivity index is 1.49. The number of aryl methyl sites for hydroxylation is 1. The average molecular weight is 439 g/mol. The number of rotatable bonds is 7. The largest absolute Gasteiger partial charge is 0.397 e. The molecule has 30 heavy (non-hydrogen) atoms. The second-order valence-electron chi connectivity index (χ2n) is 6.64. The molecule has 0 saturated heterocycles. The number of hydrogen-bond acceptors (Lipinski definition) is 7. The highest BCUT2D eigenvalue weighted by molar-refractivity contribution is 7.99. The van der Waals surface area contributed by atoms with Crippen molar-refractivity contribution in [1.82, 2.24) is 19.7 Å². The number of carbonyl (C=O) groups is 1. The lowest BCUT2D eigenvalue weighted by atomic mass is 10.1. The molecular weight excluding hydrogens is 416 g/mol. The number of nitrogen functional groups attached to an aromatic ring is 1. The number of hydrogen-bond donors (Lipinski definition) is 2. The van der Waals surface area contributed by atoms with Gasteiger partial charge in [-0.15, -0.1) is 21.5 Å². The van der Waals surface area contributed by atoms with E-state index in [2.05, 4.69) is 27.4 Å². The average Bonchev–Trinajstić information content (AvgIpc) is 3.33. The van der Waals surface area contributed by atoms with Crippen molar-refractivity contribution in [3.8, 4) is 10.7 Å². The Morgan fingerprint density at radius 3 is 2.70 bits per heavy atom. The number of anilines is 2. The molecule has 154 valence electrons. The molecule has 1 aromatic carbocycles. The molecule has 3 heterocycles. The van der Waals surface area contributed by atoms with E-state index in [0.29, 0.717) is 23.2 Å². The van der Waals surface area contributed by atoms with E-state index >= 15 is 0 Å². The standard InChI is InChI=1S/C21H22N6OS2/c1-3-13-7-9-14(10-8-13)24-16(28)12-29-21-26-25-19(27(21)4-2)18-17(22)15-6-5-11-23-20(15)30-18/h5-11H,3-4,12,22H2,1-2H3,(H,24,28). The van der Waals surface area contributed by atoms with Gasteiger partial charge in [0.15, 0.2) is 11.0 Å². The molecule has 9 heteroatoms. The number of thiophene rings is 1. The maximum Gasteiger partial charge on any atom is 0.234 e. The number of nitrogens with zero attached hydrogens (tertiary/aromatic N) is 4. The number of thioether (sulfide) groups is 1. The van der Waals surface area contributed by atoms with Crippen molar-refractivity contribution in [3.05, 3.63) is 48.2 Å². The fraction of sp³-hybridized carbons (Fsp3) is 0.238. The zero-order valence-electron chi connectivity index (χ0n) is 16.8. The number of nitrogens with two attached hydrogens (primary N) is 1. The first kappa shape index (κ1) is 20.4. The monoisotopic (exact) mass is 438 g/mol. The van der Waals surface area contributed by atoms with Gasteiger partial charge in [-0.3, -0.25) is 4.79 Å². The van der Waals surface area contributed by atoms with E-state index in [0.717, 1.165) is 27.2 Å². The SMILES string of the molecule is CCc1ccc(NC(=O)CSc2nnc(-c3sc4ncccc4c3N)n2CC)cc1. The summed E-state index contributed by atoms with van der Waals surface area (Å²) in [4.78, 5) is 18.5. The maximum absolute atomic E-state index is 12.4. The van der Waals surface area contributed by atoms with Crippen LogP contribution in [0.15, 0.2) is 47.8 Å². The third kappa shape index (κ3) is 4.03. The number of benzene rings is 1. The number of carbonyl (C=O) groups excluding carboxylic acids is 1. The van der Waals surface area contributed by atoms with Gasteiger partial charge in [0.05, 0.1) is 16.3 Å². The smallest absolute Gasteiger partial charge is 0.234 e. The summed E-state index contributed by atoms with van der Waals surface area (Å²) < 4.78 is 1.98. The molecule has 4 rings (SSSR count). The lowest BCUT2D eigenvalue weighted by Crippen LogP contribution is -2.14. The lowest BCUT2D eigenvalue weighted by Gasteiger charge is -2.08. The topological polar surface area (TPSA) is 98.7 Å². The predicted octanol–water partition coefficient (Wildman–Crippen LogP) is 4.45. The van der Waals surface area contributed by atoms with Gasteiger partial charge in [-0.1, -0.05) is 30.8 Å². The molecule has 0 aliphatic heterocycles. The van der Waals surface area contributed by atoms with E-state index in [9.17, 15) is 4.79 Å². The summed E-state index contributed by atoms with van der Waals surface area (Å²) in [6.45, 7) is 4.80. The van der Waals surface area contributed by atoms with E-state index in [-0.39, 0.29) is 11.7 Å². The van der Waals surface area contributed by atoms with Gasteiger partial charge in [0.1, 0.15) is 4.83 Å². The van der Waals surface area contributed by atoms with Crippen molar-refractivity contribution in [2.45, 2.75) is 32.0 Å². The van der Waals surface area contributed by atoms with Crippen molar-refractivity contribution in [2.75, 3.05) is 16.8 Å². The molecule has 0 radical (unpaired) electrons. The fourth-order valence-electron chi connectivity index (χ4n) is 3.12. The van der Waals surface area contributed by atoms with Crippen LogP contribution in [0.1, 0.15) is 19.4 Å². The normalized spacial score (nSPS) is 11.1. The molecule has 0 atom stereocenters. The Morgan fingerprint density at radius 2 is 2.00 bits per heavy atom. The minimum Gasteiger partial charge on any atom is -0.397 e. The number of nitrogens with one attached hydrogen (secondary N) is 1. The zero-order valence-corrected chi connectivity index (χ0v) is 18.4. The molecule has 3 N–H and O–H groups in total. The quantitative estimate of drug-likeness (QED) is 0.414. The second-order valence-corrected chi connectivity index (χ2v) is 8.58. The van der Waals surface area contributed by atoms with E-state index in [1.807, 2.05) is 47.9 Å². The van der Waals surface area contributed by atoms with E-state index in [1.54, 1.807) is 6.20 Å². The van der Waals surface area contributed by atoms with Crippen LogP contribution < -0.4 is 11.1 Å². The predicted molar refractivity (Wildman–Crippen MR) is 124 cm³/mol. The van der Waals surface area contributed by atoms with Gasteiger partial charge in [0.25, 0.3) is 0 Å². The number of amides is 1. The van der Waals surface area contributed by atoms with Crippen molar-refractivity contribution >= 4 is 50.6 Å². The summed E-state index contributed by atoms with van der Waals surface area (Å²) in [5.74, 6) is 0.870. The molecule has 0 fully saturated rings. The summed E-state index contributed by atoms with van der Waals surface area (Å²) in [7, 11) is 0. The van der Waals surface area contributed by atoms with E-state index < -0.39 is 0 Å². The van der Waals surface area contributed by atoms with Gasteiger partial charge in [-0.2, -0.15) is 0 Å². The van der Waals surface area contributed by atoms with Crippen molar-refractivity contribution < 1.29 is 4.79 Å². The second kappa shape index (κ2) is 8.85. The molecule has 0 unspecified atom stereocenters. The van der Waals surface area contributed by atoms with Crippen LogP contribution in [0.5, 0.6) is 0 Å². The van der Waals surface area contributed by atoms with Crippen molar-refractivity contribution in [2.24, 2.45) is 0 Å². The third-order valence-corrected chi connectivity index (χ3v) is 6.81. The first-order valence-electron chi connectivity index (χ1n) is 9.68. The Kier molecular flexibility index (Phi) is 6.01. The molecule has 4 aromatic rings. The van der Waals surface area contributed by atoms with E-state index in [4.69, 9.17) is 5.73 Å². The highest BCUT2D eigenvalue weighted by Crippen LogP contribution is 2.39. The van der Waals surface area contributed by atoms with Gasteiger partial charge in [0.2, 0.25) is 5.91 Å². The Morgan fingerprint density at radius 1 is 1.20 bits per heavy atom.